The number of carbonyl (C=O) groups is 1. The topological polar surface area (TPSA) is 60.9 Å². The lowest BCUT2D eigenvalue weighted by Crippen LogP contribution is -1.97. The SMILES string of the molecule is CC(=O)c1ccc(-n2ccc(N)n2)cc1. The molecule has 0 bridgehead atoms. The normalized spacial score (nSPS) is 10.2. The average Bonchev–Trinajstić information content (AvgIpc) is 2.65. The van der Waals surface area contributed by atoms with Crippen LogP contribution < -0.4 is 5.73 Å². The van der Waals surface area contributed by atoms with Gasteiger partial charge in [-0.05, 0) is 31.2 Å². The molecule has 0 fully saturated rings. The Morgan fingerprint density at radius 1 is 1.27 bits per heavy atom. The molecule has 2 aromatic rings. The number of rotatable bonds is 2. The van der Waals surface area contributed by atoms with E-state index in [4.69, 9.17) is 5.73 Å². The quantitative estimate of drug-likeness (QED) is 0.751. The van der Waals surface area contributed by atoms with Crippen LogP contribution in [0.15, 0.2) is 36.5 Å². The molecular formula is C11H11N3O. The molecule has 4 nitrogen and oxygen atoms in total. The van der Waals surface area contributed by atoms with Gasteiger partial charge in [-0.15, -0.1) is 0 Å². The Hall–Kier alpha value is -2.10. The van der Waals surface area contributed by atoms with Crippen LogP contribution in [0, 0.1) is 0 Å². The van der Waals surface area contributed by atoms with Gasteiger partial charge in [0.2, 0.25) is 0 Å². The van der Waals surface area contributed by atoms with E-state index in [-0.39, 0.29) is 5.78 Å². The summed E-state index contributed by atoms with van der Waals surface area (Å²) in [6, 6.07) is 8.94. The lowest BCUT2D eigenvalue weighted by molar-refractivity contribution is 0.101. The van der Waals surface area contributed by atoms with Crippen LogP contribution in [-0.4, -0.2) is 15.6 Å². The van der Waals surface area contributed by atoms with E-state index in [0.717, 1.165) is 5.69 Å². The summed E-state index contributed by atoms with van der Waals surface area (Å²) < 4.78 is 1.67. The summed E-state index contributed by atoms with van der Waals surface area (Å²) in [5, 5.41) is 4.06. The maximum atomic E-state index is 11.1. The first-order chi connectivity index (χ1) is 7.16. The van der Waals surface area contributed by atoms with Gasteiger partial charge in [-0.2, -0.15) is 5.10 Å². The average molecular weight is 201 g/mol. The van der Waals surface area contributed by atoms with E-state index in [1.165, 1.54) is 0 Å². The molecule has 0 amide bonds. The Morgan fingerprint density at radius 2 is 1.93 bits per heavy atom. The van der Waals surface area contributed by atoms with E-state index in [0.29, 0.717) is 11.4 Å². The number of aromatic nitrogens is 2. The monoisotopic (exact) mass is 201 g/mol. The molecule has 1 aromatic carbocycles. The fourth-order valence-corrected chi connectivity index (χ4v) is 1.33. The molecule has 0 unspecified atom stereocenters. The third-order valence-electron chi connectivity index (χ3n) is 2.15. The number of ketones is 1. The van der Waals surface area contributed by atoms with Crippen molar-refractivity contribution in [2.24, 2.45) is 0 Å². The third-order valence-corrected chi connectivity index (χ3v) is 2.15. The summed E-state index contributed by atoms with van der Waals surface area (Å²) in [6.07, 6.45) is 1.78. The van der Waals surface area contributed by atoms with Gasteiger partial charge < -0.3 is 5.73 Å². The Labute approximate surface area is 87.3 Å². The van der Waals surface area contributed by atoms with Gasteiger partial charge in [-0.25, -0.2) is 4.68 Å². The second-order valence-corrected chi connectivity index (χ2v) is 3.29. The van der Waals surface area contributed by atoms with Gasteiger partial charge in [-0.1, -0.05) is 0 Å². The highest BCUT2D eigenvalue weighted by Gasteiger charge is 2.01. The molecule has 2 N–H and O–H groups in total. The molecule has 2 rings (SSSR count). The maximum Gasteiger partial charge on any atom is 0.159 e. The van der Waals surface area contributed by atoms with E-state index in [2.05, 4.69) is 5.10 Å². The van der Waals surface area contributed by atoms with Crippen LogP contribution in [0.4, 0.5) is 5.82 Å². The Bertz CT molecular complexity index is 485. The number of nitrogen functional groups attached to an aromatic ring is 1. The van der Waals surface area contributed by atoms with E-state index < -0.39 is 0 Å². The number of Topliss-reactive ketones (excluding diaryl/α,β-unsaturated/α-hetero) is 1. The molecule has 1 aromatic heterocycles. The minimum Gasteiger partial charge on any atom is -0.382 e. The molecule has 0 aliphatic heterocycles. The second kappa shape index (κ2) is 3.57. The molecule has 0 radical (unpaired) electrons. The lowest BCUT2D eigenvalue weighted by Gasteiger charge is -2.01. The zero-order chi connectivity index (χ0) is 10.8. The van der Waals surface area contributed by atoms with Crippen molar-refractivity contribution in [3.63, 3.8) is 0 Å². The van der Waals surface area contributed by atoms with E-state index in [9.17, 15) is 4.79 Å². The first-order valence-electron chi connectivity index (χ1n) is 4.59. The second-order valence-electron chi connectivity index (χ2n) is 3.29. The van der Waals surface area contributed by atoms with Gasteiger partial charge in [-0.3, -0.25) is 4.79 Å². The van der Waals surface area contributed by atoms with Gasteiger partial charge >= 0.3 is 0 Å². The predicted molar refractivity (Wildman–Crippen MR) is 58.0 cm³/mol. The van der Waals surface area contributed by atoms with Gasteiger partial charge in [0.15, 0.2) is 5.78 Å². The minimum absolute atomic E-state index is 0.0570. The van der Waals surface area contributed by atoms with E-state index >= 15 is 0 Å². The Balaban J connectivity index is 2.35. The number of carbonyl (C=O) groups excluding carboxylic acids is 1. The summed E-state index contributed by atoms with van der Waals surface area (Å²) in [5.74, 6) is 0.534. The van der Waals surface area contributed by atoms with Crippen LogP contribution in [0.5, 0.6) is 0 Å². The molecule has 0 aliphatic rings. The summed E-state index contributed by atoms with van der Waals surface area (Å²) in [4.78, 5) is 11.1. The van der Waals surface area contributed by atoms with Crippen molar-refractivity contribution in [1.82, 2.24) is 9.78 Å². The van der Waals surface area contributed by atoms with Crippen molar-refractivity contribution in [3.05, 3.63) is 42.1 Å². The van der Waals surface area contributed by atoms with Crippen LogP contribution in [0.2, 0.25) is 0 Å². The van der Waals surface area contributed by atoms with Crippen LogP contribution in [-0.2, 0) is 0 Å². The highest BCUT2D eigenvalue weighted by atomic mass is 16.1. The predicted octanol–water partition coefficient (Wildman–Crippen LogP) is 1.66. The van der Waals surface area contributed by atoms with Crippen molar-refractivity contribution >= 4 is 11.6 Å². The van der Waals surface area contributed by atoms with Gasteiger partial charge in [0.25, 0.3) is 0 Å². The number of benzene rings is 1. The first kappa shape index (κ1) is 9.45. The number of hydrogen-bond donors (Lipinski definition) is 1. The smallest absolute Gasteiger partial charge is 0.159 e. The number of nitrogens with two attached hydrogens (primary N) is 1. The highest BCUT2D eigenvalue weighted by Crippen LogP contribution is 2.10. The Morgan fingerprint density at radius 3 is 2.40 bits per heavy atom. The first-order valence-corrected chi connectivity index (χ1v) is 4.59. The van der Waals surface area contributed by atoms with Crippen LogP contribution in [0.25, 0.3) is 5.69 Å². The van der Waals surface area contributed by atoms with Gasteiger partial charge in [0, 0.05) is 17.8 Å². The van der Waals surface area contributed by atoms with Crippen molar-refractivity contribution in [3.8, 4) is 5.69 Å². The van der Waals surface area contributed by atoms with Crippen molar-refractivity contribution in [2.75, 3.05) is 5.73 Å². The summed E-state index contributed by atoms with van der Waals surface area (Å²) in [6.45, 7) is 1.54. The molecule has 0 saturated carbocycles. The molecule has 0 atom stereocenters. The molecule has 0 aliphatic carbocycles. The van der Waals surface area contributed by atoms with Crippen molar-refractivity contribution < 1.29 is 4.79 Å². The highest BCUT2D eigenvalue weighted by molar-refractivity contribution is 5.94. The van der Waals surface area contributed by atoms with Gasteiger partial charge in [0.1, 0.15) is 5.82 Å². The molecule has 1 heterocycles. The van der Waals surface area contributed by atoms with E-state index in [1.54, 1.807) is 36.0 Å². The zero-order valence-electron chi connectivity index (χ0n) is 8.34. The number of nitrogens with zero attached hydrogens (tertiary/aromatic N) is 2. The maximum absolute atomic E-state index is 11.1. The molecule has 0 saturated heterocycles. The van der Waals surface area contributed by atoms with Crippen LogP contribution in [0.1, 0.15) is 17.3 Å². The third kappa shape index (κ3) is 1.88. The number of anilines is 1. The molecule has 76 valence electrons. The molecule has 0 spiro atoms. The van der Waals surface area contributed by atoms with Crippen molar-refractivity contribution in [2.45, 2.75) is 6.92 Å². The van der Waals surface area contributed by atoms with Gasteiger partial charge in [0.05, 0.1) is 5.69 Å². The lowest BCUT2D eigenvalue weighted by atomic mass is 10.1. The zero-order valence-corrected chi connectivity index (χ0v) is 8.34. The summed E-state index contributed by atoms with van der Waals surface area (Å²) >= 11 is 0. The molecule has 4 heteroatoms. The molecule has 15 heavy (non-hydrogen) atoms. The largest absolute Gasteiger partial charge is 0.382 e. The standard InChI is InChI=1S/C11H11N3O/c1-8(15)9-2-4-10(5-3-9)14-7-6-11(12)13-14/h2-7H,1H3,(H2,12,13). The summed E-state index contributed by atoms with van der Waals surface area (Å²) in [5.41, 5.74) is 7.09. The summed E-state index contributed by atoms with van der Waals surface area (Å²) in [7, 11) is 0. The van der Waals surface area contributed by atoms with Crippen LogP contribution >= 0.6 is 0 Å². The minimum atomic E-state index is 0.0570. The molecular weight excluding hydrogens is 190 g/mol. The van der Waals surface area contributed by atoms with Crippen LogP contribution in [0.3, 0.4) is 0 Å². The number of hydrogen-bond acceptors (Lipinski definition) is 3. The van der Waals surface area contributed by atoms with Crippen molar-refractivity contribution in [1.29, 1.82) is 0 Å². The fourth-order valence-electron chi connectivity index (χ4n) is 1.33. The Kier molecular flexibility index (Phi) is 2.25. The fraction of sp³-hybridized carbons (Fsp3) is 0.0909. The van der Waals surface area contributed by atoms with E-state index in [1.807, 2.05) is 12.1 Å².